The molecule has 0 aliphatic rings. The van der Waals surface area contributed by atoms with E-state index < -0.39 is 37.1 Å². The molecule has 0 radical (unpaired) electrons. The van der Waals surface area contributed by atoms with Crippen LogP contribution in [0.15, 0.2) is 10.6 Å². The first-order valence-corrected chi connectivity index (χ1v) is 5.71. The van der Waals surface area contributed by atoms with Gasteiger partial charge >= 0.3 is 18.0 Å². The molecule has 3 N–H and O–H groups in total. The molecule has 0 saturated carbocycles. The van der Waals surface area contributed by atoms with Crippen molar-refractivity contribution in [1.29, 1.82) is 0 Å². The molecule has 0 aromatic carbocycles. The molecule has 1 unspecified atom stereocenters. The van der Waals surface area contributed by atoms with Crippen LogP contribution in [0.1, 0.15) is 24.6 Å². The Morgan fingerprint density at radius 1 is 1.35 bits per heavy atom. The Kier molecular flexibility index (Phi) is 5.07. The summed E-state index contributed by atoms with van der Waals surface area (Å²) in [4.78, 5) is 37.6. The number of amides is 2. The largest absolute Gasteiger partial charge is 0.480 e. The van der Waals surface area contributed by atoms with E-state index in [2.05, 4.69) is 10.3 Å². The summed E-state index contributed by atoms with van der Waals surface area (Å²) >= 11 is 0. The quantitative estimate of drug-likeness (QED) is 0.681. The topological polar surface area (TPSA) is 133 Å². The molecule has 0 fully saturated rings. The van der Waals surface area contributed by atoms with Crippen LogP contribution in [-0.2, 0) is 9.59 Å². The van der Waals surface area contributed by atoms with Crippen LogP contribution in [0.25, 0.3) is 0 Å². The highest BCUT2D eigenvalue weighted by Gasteiger charge is 2.22. The van der Waals surface area contributed by atoms with Crippen LogP contribution in [0.2, 0.25) is 0 Å². The van der Waals surface area contributed by atoms with Gasteiger partial charge in [-0.05, 0) is 13.8 Å². The molecule has 9 heteroatoms. The van der Waals surface area contributed by atoms with Gasteiger partial charge in [-0.25, -0.2) is 9.78 Å². The summed E-state index contributed by atoms with van der Waals surface area (Å²) in [6.07, 6.45) is 1.48. The van der Waals surface area contributed by atoms with Gasteiger partial charge in [-0.2, -0.15) is 0 Å². The number of carboxylic acids is 2. The number of hydrogen-bond acceptors (Lipinski definition) is 5. The van der Waals surface area contributed by atoms with E-state index in [1.54, 1.807) is 13.8 Å². The lowest BCUT2D eigenvalue weighted by Crippen LogP contribution is -2.46. The highest BCUT2D eigenvalue weighted by molar-refractivity contribution is 5.84. The van der Waals surface area contributed by atoms with E-state index in [1.807, 2.05) is 0 Å². The van der Waals surface area contributed by atoms with Crippen LogP contribution in [0.3, 0.4) is 0 Å². The Morgan fingerprint density at radius 3 is 2.30 bits per heavy atom. The number of urea groups is 1. The van der Waals surface area contributed by atoms with Crippen molar-refractivity contribution in [3.8, 4) is 0 Å². The minimum atomic E-state index is -1.30. The minimum Gasteiger partial charge on any atom is -0.480 e. The third-order valence-electron chi connectivity index (χ3n) is 2.29. The van der Waals surface area contributed by atoms with E-state index in [1.165, 1.54) is 6.20 Å². The number of nitrogens with zero attached hydrogens (tertiary/aromatic N) is 2. The summed E-state index contributed by atoms with van der Waals surface area (Å²) < 4.78 is 5.21. The van der Waals surface area contributed by atoms with E-state index in [9.17, 15) is 14.4 Å². The van der Waals surface area contributed by atoms with E-state index in [0.29, 0.717) is 10.7 Å². The number of carboxylic acid groups (broad SMARTS) is 2. The first kappa shape index (κ1) is 15.5. The fourth-order valence-electron chi connectivity index (χ4n) is 1.44. The van der Waals surface area contributed by atoms with Crippen LogP contribution in [0.4, 0.5) is 4.79 Å². The lowest BCUT2D eigenvalue weighted by Gasteiger charge is -2.21. The average molecular weight is 285 g/mol. The van der Waals surface area contributed by atoms with Crippen LogP contribution in [-0.4, -0.2) is 51.2 Å². The Bertz CT molecular complexity index is 496. The molecular weight excluding hydrogens is 270 g/mol. The highest BCUT2D eigenvalue weighted by Crippen LogP contribution is 2.12. The van der Waals surface area contributed by atoms with Gasteiger partial charge in [0.2, 0.25) is 5.89 Å². The van der Waals surface area contributed by atoms with Gasteiger partial charge in [0.05, 0.1) is 6.20 Å². The summed E-state index contributed by atoms with van der Waals surface area (Å²) in [5.74, 6) is -1.79. The molecule has 2 amide bonds. The van der Waals surface area contributed by atoms with Crippen molar-refractivity contribution < 1.29 is 29.0 Å². The number of aliphatic carboxylic acids is 2. The zero-order valence-corrected chi connectivity index (χ0v) is 11.0. The van der Waals surface area contributed by atoms with Crippen molar-refractivity contribution in [2.75, 3.05) is 13.1 Å². The summed E-state index contributed by atoms with van der Waals surface area (Å²) in [5, 5.41) is 19.7. The molecule has 1 aromatic heterocycles. The maximum atomic E-state index is 11.8. The first-order valence-electron chi connectivity index (χ1n) is 5.71. The van der Waals surface area contributed by atoms with Crippen molar-refractivity contribution in [2.45, 2.75) is 19.9 Å². The van der Waals surface area contributed by atoms with Crippen molar-refractivity contribution in [3.05, 3.63) is 17.8 Å². The van der Waals surface area contributed by atoms with Crippen molar-refractivity contribution in [2.24, 2.45) is 0 Å². The first-order chi connectivity index (χ1) is 9.29. The van der Waals surface area contributed by atoms with Crippen LogP contribution < -0.4 is 5.32 Å². The molecule has 0 aliphatic heterocycles. The predicted octanol–water partition coefficient (Wildman–Crippen LogP) is 0.225. The van der Waals surface area contributed by atoms with E-state index in [4.69, 9.17) is 14.6 Å². The number of aryl methyl sites for hydroxylation is 1. The van der Waals surface area contributed by atoms with Gasteiger partial charge in [0, 0.05) is 0 Å². The fraction of sp³-hybridized carbons (Fsp3) is 0.455. The predicted molar refractivity (Wildman–Crippen MR) is 65.0 cm³/mol. The number of carbonyl (C=O) groups is 3. The molecule has 9 nitrogen and oxygen atoms in total. The van der Waals surface area contributed by atoms with Gasteiger partial charge < -0.3 is 24.8 Å². The SMILES string of the molecule is Cc1cnc(C(C)NC(=O)N(CC(=O)O)CC(=O)O)o1. The van der Waals surface area contributed by atoms with Gasteiger partial charge in [-0.1, -0.05) is 0 Å². The summed E-state index contributed by atoms with van der Waals surface area (Å²) in [6.45, 7) is 1.85. The number of aromatic nitrogens is 1. The second-order valence-electron chi connectivity index (χ2n) is 4.12. The number of nitrogens with one attached hydrogen (secondary N) is 1. The average Bonchev–Trinajstić information content (AvgIpc) is 2.73. The second kappa shape index (κ2) is 6.55. The molecular formula is C11H15N3O6. The Hall–Kier alpha value is -2.58. The molecule has 110 valence electrons. The maximum absolute atomic E-state index is 11.8. The standard InChI is InChI=1S/C11H15N3O6/c1-6-3-12-10(20-6)7(2)13-11(19)14(4-8(15)16)5-9(17)18/h3,7H,4-5H2,1-2H3,(H,13,19)(H,15,16)(H,17,18). The van der Waals surface area contributed by atoms with E-state index in [-0.39, 0.29) is 5.89 Å². The highest BCUT2D eigenvalue weighted by atomic mass is 16.4. The van der Waals surface area contributed by atoms with Gasteiger partial charge in [0.25, 0.3) is 0 Å². The zero-order chi connectivity index (χ0) is 15.3. The summed E-state index contributed by atoms with van der Waals surface area (Å²) in [7, 11) is 0. The molecule has 1 aromatic rings. The molecule has 1 heterocycles. The molecule has 0 spiro atoms. The number of rotatable bonds is 6. The molecule has 0 aliphatic carbocycles. The third kappa shape index (κ3) is 4.59. The lowest BCUT2D eigenvalue weighted by atomic mass is 10.3. The lowest BCUT2D eigenvalue weighted by molar-refractivity contribution is -0.140. The fourth-order valence-corrected chi connectivity index (χ4v) is 1.44. The number of carbonyl (C=O) groups excluding carboxylic acids is 1. The van der Waals surface area contributed by atoms with Crippen molar-refractivity contribution >= 4 is 18.0 Å². The van der Waals surface area contributed by atoms with Gasteiger partial charge in [-0.3, -0.25) is 9.59 Å². The molecule has 1 atom stereocenters. The van der Waals surface area contributed by atoms with Crippen molar-refractivity contribution in [1.82, 2.24) is 15.2 Å². The number of oxazole rings is 1. The minimum absolute atomic E-state index is 0.251. The maximum Gasteiger partial charge on any atom is 0.323 e. The van der Waals surface area contributed by atoms with Gasteiger partial charge in [0.1, 0.15) is 24.9 Å². The van der Waals surface area contributed by atoms with Crippen LogP contribution in [0.5, 0.6) is 0 Å². The Morgan fingerprint density at radius 2 is 1.90 bits per heavy atom. The number of hydrogen-bond donors (Lipinski definition) is 3. The summed E-state index contributed by atoms with van der Waals surface area (Å²) in [6, 6.07) is -1.43. The molecule has 1 rings (SSSR count). The summed E-state index contributed by atoms with van der Waals surface area (Å²) in [5.41, 5.74) is 0. The van der Waals surface area contributed by atoms with Crippen LogP contribution >= 0.6 is 0 Å². The smallest absolute Gasteiger partial charge is 0.323 e. The third-order valence-corrected chi connectivity index (χ3v) is 2.29. The van der Waals surface area contributed by atoms with E-state index >= 15 is 0 Å². The second-order valence-corrected chi connectivity index (χ2v) is 4.12. The molecule has 0 bridgehead atoms. The van der Waals surface area contributed by atoms with Gasteiger partial charge in [0.15, 0.2) is 0 Å². The monoisotopic (exact) mass is 285 g/mol. The molecule has 0 saturated heterocycles. The van der Waals surface area contributed by atoms with Crippen molar-refractivity contribution in [3.63, 3.8) is 0 Å². The van der Waals surface area contributed by atoms with Crippen LogP contribution in [0, 0.1) is 6.92 Å². The Balaban J connectivity index is 2.69. The van der Waals surface area contributed by atoms with E-state index in [0.717, 1.165) is 0 Å². The zero-order valence-electron chi connectivity index (χ0n) is 11.0. The van der Waals surface area contributed by atoms with Gasteiger partial charge in [-0.15, -0.1) is 0 Å². The molecule has 20 heavy (non-hydrogen) atoms. The normalized spacial score (nSPS) is 11.7. The Labute approximate surface area is 114 Å².